The monoisotopic (exact) mass is 433 g/mol. The molecule has 32 heavy (non-hydrogen) atoms. The lowest BCUT2D eigenvalue weighted by Crippen LogP contribution is -2.50. The van der Waals surface area contributed by atoms with Crippen molar-refractivity contribution < 1.29 is 19.1 Å². The number of amides is 2. The quantitative estimate of drug-likeness (QED) is 0.597. The molecule has 1 fully saturated rings. The third-order valence-corrected chi connectivity index (χ3v) is 5.48. The van der Waals surface area contributed by atoms with Crippen molar-refractivity contribution in [2.45, 2.75) is 32.3 Å². The first-order valence-electron chi connectivity index (χ1n) is 10.8. The zero-order valence-corrected chi connectivity index (χ0v) is 18.0. The molecule has 0 aromatic heterocycles. The van der Waals surface area contributed by atoms with Crippen LogP contribution in [0.3, 0.4) is 0 Å². The van der Waals surface area contributed by atoms with Crippen molar-refractivity contribution in [3.63, 3.8) is 0 Å². The molecular weight excluding hydrogens is 406 g/mol. The van der Waals surface area contributed by atoms with Gasteiger partial charge in [0.1, 0.15) is 6.61 Å². The fourth-order valence-corrected chi connectivity index (χ4v) is 3.54. The van der Waals surface area contributed by atoms with Gasteiger partial charge in [0.2, 0.25) is 11.8 Å². The van der Waals surface area contributed by atoms with E-state index in [0.29, 0.717) is 44.6 Å². The Morgan fingerprint density at radius 1 is 0.781 bits per heavy atom. The number of carbonyl (C=O) groups is 3. The molecule has 1 aliphatic rings. The summed E-state index contributed by atoms with van der Waals surface area (Å²) in [5, 5.41) is 8.84. The number of esters is 1. The van der Waals surface area contributed by atoms with Crippen LogP contribution in [0.15, 0.2) is 54.6 Å². The molecule has 0 atom stereocenters. The molecule has 7 nitrogen and oxygen atoms in total. The number of nitriles is 1. The van der Waals surface area contributed by atoms with Gasteiger partial charge < -0.3 is 14.5 Å². The Morgan fingerprint density at radius 3 is 1.97 bits per heavy atom. The summed E-state index contributed by atoms with van der Waals surface area (Å²) in [5.41, 5.74) is 2.53. The number of hydrogen-bond donors (Lipinski definition) is 0. The van der Waals surface area contributed by atoms with Crippen LogP contribution in [-0.4, -0.2) is 53.8 Å². The molecule has 1 heterocycles. The van der Waals surface area contributed by atoms with Crippen LogP contribution < -0.4 is 0 Å². The smallest absolute Gasteiger partial charge is 0.306 e. The topological polar surface area (TPSA) is 90.7 Å². The molecule has 3 rings (SSSR count). The molecule has 166 valence electrons. The van der Waals surface area contributed by atoms with Crippen LogP contribution in [0.4, 0.5) is 0 Å². The molecule has 0 aliphatic carbocycles. The number of aryl methyl sites for hydroxylation is 1. The third kappa shape index (κ3) is 6.95. The number of piperazine rings is 1. The SMILES string of the molecule is N#Cc1ccc(CCC(=O)N2CCN(C(=O)CCC(=O)OCc3ccccc3)CC2)cc1. The van der Waals surface area contributed by atoms with E-state index in [4.69, 9.17) is 10.00 Å². The summed E-state index contributed by atoms with van der Waals surface area (Å²) in [6.07, 6.45) is 1.18. The number of nitrogens with zero attached hydrogens (tertiary/aromatic N) is 3. The van der Waals surface area contributed by atoms with Crippen LogP contribution in [0.5, 0.6) is 0 Å². The maximum absolute atomic E-state index is 12.5. The highest BCUT2D eigenvalue weighted by Crippen LogP contribution is 2.11. The Bertz CT molecular complexity index is 959. The molecular formula is C25H27N3O4. The summed E-state index contributed by atoms with van der Waals surface area (Å²) in [6.45, 7) is 2.14. The van der Waals surface area contributed by atoms with Crippen molar-refractivity contribution in [1.29, 1.82) is 5.26 Å². The van der Waals surface area contributed by atoms with Crippen molar-refractivity contribution in [3.8, 4) is 6.07 Å². The molecule has 0 spiro atoms. The molecule has 1 saturated heterocycles. The standard InChI is InChI=1S/C25H27N3O4/c26-18-21-8-6-20(7-9-21)10-11-23(29)27-14-16-28(17-15-27)24(30)12-13-25(31)32-19-22-4-2-1-3-5-22/h1-9H,10-17,19H2. The minimum atomic E-state index is -0.390. The van der Waals surface area contributed by atoms with E-state index in [0.717, 1.165) is 11.1 Å². The van der Waals surface area contributed by atoms with Crippen LogP contribution in [0.25, 0.3) is 0 Å². The van der Waals surface area contributed by atoms with Gasteiger partial charge in [0.15, 0.2) is 0 Å². The predicted molar refractivity (Wildman–Crippen MR) is 118 cm³/mol. The molecule has 2 aromatic rings. The number of ether oxygens (including phenoxy) is 1. The highest BCUT2D eigenvalue weighted by Gasteiger charge is 2.24. The number of carbonyl (C=O) groups excluding carboxylic acids is 3. The van der Waals surface area contributed by atoms with E-state index < -0.39 is 0 Å². The summed E-state index contributed by atoms with van der Waals surface area (Å²) in [7, 11) is 0. The van der Waals surface area contributed by atoms with Crippen molar-refractivity contribution in [1.82, 2.24) is 9.80 Å². The van der Waals surface area contributed by atoms with Gasteiger partial charge in [-0.25, -0.2) is 0 Å². The molecule has 2 amide bonds. The van der Waals surface area contributed by atoms with Gasteiger partial charge >= 0.3 is 5.97 Å². The molecule has 0 saturated carbocycles. The second kappa shape index (κ2) is 11.7. The average Bonchev–Trinajstić information content (AvgIpc) is 2.85. The van der Waals surface area contributed by atoms with E-state index in [1.54, 1.807) is 21.9 Å². The zero-order chi connectivity index (χ0) is 22.8. The summed E-state index contributed by atoms with van der Waals surface area (Å²) in [5.74, 6) is -0.420. The lowest BCUT2D eigenvalue weighted by Gasteiger charge is -2.35. The van der Waals surface area contributed by atoms with E-state index in [1.165, 1.54) is 0 Å². The number of rotatable bonds is 8. The molecule has 0 N–H and O–H groups in total. The Kier molecular flexibility index (Phi) is 8.38. The van der Waals surface area contributed by atoms with Gasteiger partial charge in [0.05, 0.1) is 18.1 Å². The first-order valence-corrected chi connectivity index (χ1v) is 10.8. The van der Waals surface area contributed by atoms with Gasteiger partial charge in [-0.2, -0.15) is 5.26 Å². The van der Waals surface area contributed by atoms with Gasteiger partial charge in [-0.15, -0.1) is 0 Å². The Morgan fingerprint density at radius 2 is 1.38 bits per heavy atom. The van der Waals surface area contributed by atoms with Crippen LogP contribution in [0.1, 0.15) is 36.0 Å². The van der Waals surface area contributed by atoms with Crippen LogP contribution in [0.2, 0.25) is 0 Å². The van der Waals surface area contributed by atoms with E-state index in [2.05, 4.69) is 6.07 Å². The molecule has 1 aliphatic heterocycles. The zero-order valence-electron chi connectivity index (χ0n) is 18.0. The van der Waals surface area contributed by atoms with Crippen molar-refractivity contribution >= 4 is 17.8 Å². The summed E-state index contributed by atoms with van der Waals surface area (Å²) < 4.78 is 5.21. The Balaban J connectivity index is 1.33. The molecule has 7 heteroatoms. The third-order valence-electron chi connectivity index (χ3n) is 5.48. The molecule has 0 radical (unpaired) electrons. The maximum atomic E-state index is 12.5. The largest absolute Gasteiger partial charge is 0.461 e. The van der Waals surface area contributed by atoms with Crippen molar-refractivity contribution in [2.75, 3.05) is 26.2 Å². The van der Waals surface area contributed by atoms with E-state index >= 15 is 0 Å². The second-order valence-electron chi connectivity index (χ2n) is 7.72. The summed E-state index contributed by atoms with van der Waals surface area (Å²) in [6, 6.07) is 18.7. The van der Waals surface area contributed by atoms with E-state index in [9.17, 15) is 14.4 Å². The van der Waals surface area contributed by atoms with Gasteiger partial charge in [0.25, 0.3) is 0 Å². The maximum Gasteiger partial charge on any atom is 0.306 e. The summed E-state index contributed by atoms with van der Waals surface area (Å²) >= 11 is 0. The highest BCUT2D eigenvalue weighted by molar-refractivity contribution is 5.82. The van der Waals surface area contributed by atoms with Crippen molar-refractivity contribution in [3.05, 3.63) is 71.3 Å². The first-order chi connectivity index (χ1) is 15.5. The number of hydrogen-bond acceptors (Lipinski definition) is 5. The first kappa shape index (κ1) is 23.0. The highest BCUT2D eigenvalue weighted by atomic mass is 16.5. The summed E-state index contributed by atoms with van der Waals surface area (Å²) in [4.78, 5) is 40.3. The van der Waals surface area contributed by atoms with Crippen molar-refractivity contribution in [2.24, 2.45) is 0 Å². The molecule has 2 aromatic carbocycles. The van der Waals surface area contributed by atoms with E-state index in [1.807, 2.05) is 42.5 Å². The van der Waals surface area contributed by atoms with Gasteiger partial charge in [-0.05, 0) is 29.7 Å². The van der Waals surface area contributed by atoms with Gasteiger partial charge in [0, 0.05) is 39.0 Å². The second-order valence-corrected chi connectivity index (χ2v) is 7.72. The molecule has 0 unspecified atom stereocenters. The van der Waals surface area contributed by atoms with Crippen LogP contribution in [0, 0.1) is 11.3 Å². The lowest BCUT2D eigenvalue weighted by atomic mass is 10.1. The average molecular weight is 434 g/mol. The fourth-order valence-electron chi connectivity index (χ4n) is 3.54. The van der Waals surface area contributed by atoms with Gasteiger partial charge in [-0.3, -0.25) is 14.4 Å². The Hall–Kier alpha value is -3.66. The van der Waals surface area contributed by atoms with Gasteiger partial charge in [-0.1, -0.05) is 42.5 Å². The normalized spacial score (nSPS) is 13.3. The minimum Gasteiger partial charge on any atom is -0.461 e. The van der Waals surface area contributed by atoms with Crippen LogP contribution >= 0.6 is 0 Å². The van der Waals surface area contributed by atoms with E-state index in [-0.39, 0.29) is 37.2 Å². The van der Waals surface area contributed by atoms with Crippen LogP contribution in [-0.2, 0) is 32.1 Å². The number of benzene rings is 2. The predicted octanol–water partition coefficient (Wildman–Crippen LogP) is 2.69. The lowest BCUT2D eigenvalue weighted by molar-refractivity contribution is -0.147. The Labute approximate surface area is 188 Å². The minimum absolute atomic E-state index is 0.0510. The molecule has 0 bridgehead atoms. The fraction of sp³-hybridized carbons (Fsp3) is 0.360.